The molecule has 0 spiro atoms. The van der Waals surface area contributed by atoms with Crippen LogP contribution < -0.4 is 0 Å². The quantitative estimate of drug-likeness (QED) is 0.0960. The molecule has 0 aromatic heterocycles. The zero-order chi connectivity index (χ0) is 28.6. The van der Waals surface area contributed by atoms with Crippen LogP contribution in [0.2, 0.25) is 0 Å². The molecule has 0 aromatic carbocycles. The first-order valence-electron chi connectivity index (χ1n) is 4.52. The van der Waals surface area contributed by atoms with Crippen LogP contribution in [0.25, 0.3) is 0 Å². The van der Waals surface area contributed by atoms with E-state index >= 15 is 0 Å². The van der Waals surface area contributed by atoms with Gasteiger partial charge >= 0.3 is 0 Å². The summed E-state index contributed by atoms with van der Waals surface area (Å²) < 4.78 is 0. The second-order valence-corrected chi connectivity index (χ2v) is 1.90. The van der Waals surface area contributed by atoms with Crippen LogP contribution in [0, 0.1) is 121 Å². The smallest absolute Gasteiger partial charge is 0.291 e. The summed E-state index contributed by atoms with van der Waals surface area (Å²) in [6.07, 6.45) is 0. The van der Waals surface area contributed by atoms with E-state index in [1.807, 2.05) is 0 Å². The maximum atomic E-state index is 8.36. The SMILES string of the molecule is O=[N+]([O-])O.O=[N+]([O-])O.O=[N+]([O-])O.O=[N+]([O-])O.O=[N+]([O-])O.O=[N+]([O-])O.O=[N+]([O-])O.O=[N+]([O-])O.[Gd]. The summed E-state index contributed by atoms with van der Waals surface area (Å²) >= 11 is 0. The van der Waals surface area contributed by atoms with E-state index in [-0.39, 0.29) is 39.9 Å². The topological polar surface area (TPSA) is 507 Å². The fourth-order valence-corrected chi connectivity index (χ4v) is 0. The predicted molar refractivity (Wildman–Crippen MR) is 70.2 cm³/mol. The maximum absolute atomic E-state index is 8.36. The Kier molecular flexibility index (Phi) is 86.5. The Morgan fingerprint density at radius 3 is 0.273 bits per heavy atom. The first-order valence-corrected chi connectivity index (χ1v) is 4.52. The monoisotopic (exact) mass is 662 g/mol. The molecular formula is H8GdN8O24. The first kappa shape index (κ1) is 56.5. The van der Waals surface area contributed by atoms with Crippen molar-refractivity contribution in [2.45, 2.75) is 0 Å². The van der Waals surface area contributed by atoms with Crippen molar-refractivity contribution < 1.29 is 122 Å². The molecule has 0 amide bonds. The number of rotatable bonds is 0. The molecule has 33 heteroatoms. The molecule has 0 saturated carbocycles. The summed E-state index contributed by atoms with van der Waals surface area (Å²) in [6.45, 7) is 0. The molecule has 200 valence electrons. The standard InChI is InChI=1S/Gd.8HNO3/c;8*2-1(3)4/h;8*(H,2,3,4). The molecule has 0 saturated heterocycles. The summed E-state index contributed by atoms with van der Waals surface area (Å²) in [5.74, 6) is 0. The molecule has 0 radical (unpaired) electrons. The van der Waals surface area contributed by atoms with Gasteiger partial charge in [0.15, 0.2) is 0 Å². The van der Waals surface area contributed by atoms with Gasteiger partial charge in [-0.3, -0.25) is 0 Å². The molecule has 0 aliphatic rings. The normalized spacial score (nSPS) is 5.82. The first-order chi connectivity index (χ1) is 13.9. The van der Waals surface area contributed by atoms with Crippen molar-refractivity contribution in [3.05, 3.63) is 80.9 Å². The van der Waals surface area contributed by atoms with Crippen LogP contribution in [-0.4, -0.2) is 82.4 Å². The zero-order valence-corrected chi connectivity index (χ0v) is 16.3. The van der Waals surface area contributed by atoms with Gasteiger partial charge in [-0.15, -0.1) is 80.9 Å². The molecule has 0 aliphatic carbocycles. The van der Waals surface area contributed by atoms with Crippen LogP contribution in [0.15, 0.2) is 0 Å². The molecule has 8 N–H and O–H groups in total. The van der Waals surface area contributed by atoms with Gasteiger partial charge in [-0.25, -0.2) is 0 Å². The second-order valence-electron chi connectivity index (χ2n) is 1.90. The van der Waals surface area contributed by atoms with Crippen molar-refractivity contribution in [2.24, 2.45) is 0 Å². The molecule has 0 rings (SSSR count). The van der Waals surface area contributed by atoms with Gasteiger partial charge in [0.2, 0.25) is 0 Å². The van der Waals surface area contributed by atoms with Crippen LogP contribution in [0.4, 0.5) is 0 Å². The summed E-state index contributed by atoms with van der Waals surface area (Å²) in [5, 5.41) is 109. The van der Waals surface area contributed by atoms with Crippen LogP contribution in [0.1, 0.15) is 0 Å². The van der Waals surface area contributed by atoms with Crippen LogP contribution in [-0.2, 0) is 0 Å². The number of hydrogen-bond donors (Lipinski definition) is 8. The van der Waals surface area contributed by atoms with Gasteiger partial charge < -0.3 is 41.7 Å². The Labute approximate surface area is 203 Å². The third kappa shape index (κ3) is 649. The van der Waals surface area contributed by atoms with Gasteiger partial charge in [0.1, 0.15) is 0 Å². The number of hydrogen-bond acceptors (Lipinski definition) is 16. The summed E-state index contributed by atoms with van der Waals surface area (Å²) in [7, 11) is 0. The fourth-order valence-electron chi connectivity index (χ4n) is 0. The fraction of sp³-hybridized carbons (Fsp3) is 0. The molecule has 0 atom stereocenters. The average molecular weight is 661 g/mol. The largest absolute Gasteiger partial charge is 0.328 e. The molecule has 33 heavy (non-hydrogen) atoms. The Morgan fingerprint density at radius 1 is 0.273 bits per heavy atom. The van der Waals surface area contributed by atoms with Crippen LogP contribution in [0.3, 0.4) is 0 Å². The van der Waals surface area contributed by atoms with Crippen molar-refractivity contribution in [3.8, 4) is 0 Å². The van der Waals surface area contributed by atoms with Gasteiger partial charge in [0, 0.05) is 39.9 Å². The van der Waals surface area contributed by atoms with E-state index in [1.165, 1.54) is 0 Å². The van der Waals surface area contributed by atoms with E-state index < -0.39 is 40.7 Å². The van der Waals surface area contributed by atoms with Crippen molar-refractivity contribution in [2.75, 3.05) is 0 Å². The third-order valence-corrected chi connectivity index (χ3v) is 0. The van der Waals surface area contributed by atoms with Crippen LogP contribution >= 0.6 is 0 Å². The van der Waals surface area contributed by atoms with Crippen molar-refractivity contribution >= 4 is 0 Å². The Bertz CT molecular complexity index is 361. The minimum atomic E-state index is -1.50. The average Bonchev–Trinajstić information content (AvgIpc) is 2.30. The second kappa shape index (κ2) is 50.5. The minimum absolute atomic E-state index is 0. The van der Waals surface area contributed by atoms with Crippen molar-refractivity contribution in [1.29, 1.82) is 0 Å². The molecule has 0 aromatic rings. The molecule has 0 heterocycles. The molecule has 0 bridgehead atoms. The summed E-state index contributed by atoms with van der Waals surface area (Å²) in [4.78, 5) is 66.9. The van der Waals surface area contributed by atoms with E-state index in [0.29, 0.717) is 0 Å². The van der Waals surface area contributed by atoms with E-state index in [4.69, 9.17) is 123 Å². The van der Waals surface area contributed by atoms with Gasteiger partial charge in [-0.05, 0) is 0 Å². The van der Waals surface area contributed by atoms with Gasteiger partial charge in [-0.1, -0.05) is 0 Å². The van der Waals surface area contributed by atoms with Gasteiger partial charge in [0.25, 0.3) is 40.7 Å². The van der Waals surface area contributed by atoms with Crippen LogP contribution in [0.5, 0.6) is 0 Å². The van der Waals surface area contributed by atoms with Crippen molar-refractivity contribution in [1.82, 2.24) is 0 Å². The molecule has 32 nitrogen and oxygen atoms in total. The molecule has 0 unspecified atom stereocenters. The predicted octanol–water partition coefficient (Wildman–Crippen LogP) is -2.78. The van der Waals surface area contributed by atoms with Crippen molar-refractivity contribution in [3.63, 3.8) is 0 Å². The van der Waals surface area contributed by atoms with E-state index in [1.54, 1.807) is 0 Å². The van der Waals surface area contributed by atoms with Gasteiger partial charge in [0.05, 0.1) is 0 Å². The summed E-state index contributed by atoms with van der Waals surface area (Å²) in [6, 6.07) is 0. The van der Waals surface area contributed by atoms with E-state index in [0.717, 1.165) is 0 Å². The zero-order valence-electron chi connectivity index (χ0n) is 14.0. The molecular weight excluding hydrogens is 653 g/mol. The Balaban J connectivity index is -0.0000000284. The Hall–Kier alpha value is -5.08. The Morgan fingerprint density at radius 2 is 0.273 bits per heavy atom. The molecule has 0 aliphatic heterocycles. The van der Waals surface area contributed by atoms with E-state index in [9.17, 15) is 0 Å². The third-order valence-electron chi connectivity index (χ3n) is 0. The molecule has 0 fully saturated rings. The minimum Gasteiger partial charge on any atom is -0.328 e. The summed E-state index contributed by atoms with van der Waals surface area (Å²) in [5.41, 5.74) is 0. The number of nitrogens with zero attached hydrogens (tertiary/aromatic N) is 8. The maximum Gasteiger partial charge on any atom is 0.291 e. The van der Waals surface area contributed by atoms with E-state index in [2.05, 4.69) is 0 Å². The van der Waals surface area contributed by atoms with Gasteiger partial charge in [-0.2, -0.15) is 0 Å².